The molecule has 94 valence electrons. The zero-order valence-electron chi connectivity index (χ0n) is 10.0. The van der Waals surface area contributed by atoms with E-state index in [0.717, 1.165) is 32.2 Å². The Kier molecular flexibility index (Phi) is 5.73. The van der Waals surface area contributed by atoms with Crippen molar-refractivity contribution in [1.82, 2.24) is 4.90 Å². The molecule has 2 unspecified atom stereocenters. The molecule has 0 radical (unpaired) electrons. The Hall–Kier alpha value is -0.650. The van der Waals surface area contributed by atoms with Gasteiger partial charge in [-0.15, -0.1) is 0 Å². The lowest BCUT2D eigenvalue weighted by Gasteiger charge is -2.31. The normalized spacial score (nSPS) is 23.5. The highest BCUT2D eigenvalue weighted by Gasteiger charge is 2.33. The van der Waals surface area contributed by atoms with Crippen LogP contribution in [0.1, 0.15) is 25.7 Å². The Morgan fingerprint density at radius 3 is 2.94 bits per heavy atom. The molecule has 1 rings (SSSR count). The minimum Gasteiger partial charge on any atom is -0.383 e. The van der Waals surface area contributed by atoms with Gasteiger partial charge < -0.3 is 16.2 Å². The van der Waals surface area contributed by atoms with Crippen molar-refractivity contribution in [2.45, 2.75) is 37.8 Å². The molecule has 0 spiro atoms. The molecule has 1 aliphatic heterocycles. The monoisotopic (exact) mass is 229 g/mol. The summed E-state index contributed by atoms with van der Waals surface area (Å²) in [7, 11) is 1.69. The molecule has 4 N–H and O–H groups in total. The summed E-state index contributed by atoms with van der Waals surface area (Å²) in [5.74, 6) is -0.216. The molecule has 0 aromatic rings. The third kappa shape index (κ3) is 3.43. The Labute approximate surface area is 97.1 Å². The zero-order valence-corrected chi connectivity index (χ0v) is 10.0. The summed E-state index contributed by atoms with van der Waals surface area (Å²) in [5, 5.41) is 0. The van der Waals surface area contributed by atoms with E-state index >= 15 is 0 Å². The van der Waals surface area contributed by atoms with Crippen LogP contribution in [0.5, 0.6) is 0 Å². The van der Waals surface area contributed by atoms with Crippen LogP contribution in [0, 0.1) is 0 Å². The van der Waals surface area contributed by atoms with Gasteiger partial charge >= 0.3 is 0 Å². The molecule has 1 heterocycles. The first-order valence-electron chi connectivity index (χ1n) is 5.94. The highest BCUT2D eigenvalue weighted by Crippen LogP contribution is 2.22. The number of rotatable bonds is 7. The number of amides is 1. The zero-order chi connectivity index (χ0) is 12.0. The molecule has 2 atom stereocenters. The van der Waals surface area contributed by atoms with E-state index in [2.05, 4.69) is 4.90 Å². The summed E-state index contributed by atoms with van der Waals surface area (Å²) < 4.78 is 5.21. The minimum atomic E-state index is -0.216. The van der Waals surface area contributed by atoms with Gasteiger partial charge in [-0.3, -0.25) is 9.69 Å². The van der Waals surface area contributed by atoms with Crippen LogP contribution in [0.2, 0.25) is 0 Å². The van der Waals surface area contributed by atoms with Gasteiger partial charge in [0.05, 0.1) is 12.6 Å². The SMILES string of the molecule is COCC(CCCN)N1CCCC1C(N)=O. The van der Waals surface area contributed by atoms with E-state index in [0.29, 0.717) is 13.2 Å². The molecule has 1 amide bonds. The third-order valence-electron chi connectivity index (χ3n) is 3.19. The van der Waals surface area contributed by atoms with Gasteiger partial charge in [0.2, 0.25) is 5.91 Å². The standard InChI is InChI=1S/C11H23N3O2/c1-16-8-9(4-2-6-12)14-7-3-5-10(14)11(13)15/h9-10H,2-8,12H2,1H3,(H2,13,15). The van der Waals surface area contributed by atoms with Gasteiger partial charge in [0.1, 0.15) is 0 Å². The van der Waals surface area contributed by atoms with Crippen molar-refractivity contribution >= 4 is 5.91 Å². The Bertz CT molecular complexity index is 223. The van der Waals surface area contributed by atoms with Gasteiger partial charge in [-0.25, -0.2) is 0 Å². The van der Waals surface area contributed by atoms with Crippen LogP contribution in [0.25, 0.3) is 0 Å². The average Bonchev–Trinajstić information content (AvgIpc) is 2.73. The lowest BCUT2D eigenvalue weighted by atomic mass is 10.1. The quantitative estimate of drug-likeness (QED) is 0.627. The number of ether oxygens (including phenoxy) is 1. The fourth-order valence-electron chi connectivity index (χ4n) is 2.42. The van der Waals surface area contributed by atoms with E-state index in [1.54, 1.807) is 7.11 Å². The smallest absolute Gasteiger partial charge is 0.234 e. The topological polar surface area (TPSA) is 81.6 Å². The average molecular weight is 229 g/mol. The van der Waals surface area contributed by atoms with Gasteiger partial charge in [0.25, 0.3) is 0 Å². The van der Waals surface area contributed by atoms with Crippen molar-refractivity contribution in [2.24, 2.45) is 11.5 Å². The fourth-order valence-corrected chi connectivity index (χ4v) is 2.42. The predicted octanol–water partition coefficient (Wildman–Crippen LogP) is -0.310. The molecule has 16 heavy (non-hydrogen) atoms. The van der Waals surface area contributed by atoms with Gasteiger partial charge in [-0.2, -0.15) is 0 Å². The molecule has 0 aromatic carbocycles. The second-order valence-corrected chi connectivity index (χ2v) is 4.34. The lowest BCUT2D eigenvalue weighted by molar-refractivity contribution is -0.123. The van der Waals surface area contributed by atoms with E-state index < -0.39 is 0 Å². The summed E-state index contributed by atoms with van der Waals surface area (Å²) in [6, 6.07) is 0.159. The number of likely N-dealkylation sites (tertiary alicyclic amines) is 1. The number of hydrogen-bond donors (Lipinski definition) is 2. The first-order valence-corrected chi connectivity index (χ1v) is 5.94. The van der Waals surface area contributed by atoms with Crippen LogP contribution < -0.4 is 11.5 Å². The molecule has 1 saturated heterocycles. The second-order valence-electron chi connectivity index (χ2n) is 4.34. The summed E-state index contributed by atoms with van der Waals surface area (Å²) in [6.45, 7) is 2.26. The van der Waals surface area contributed by atoms with Crippen molar-refractivity contribution in [3.05, 3.63) is 0 Å². The highest BCUT2D eigenvalue weighted by molar-refractivity contribution is 5.80. The number of primary amides is 1. The fraction of sp³-hybridized carbons (Fsp3) is 0.909. The molecule has 1 fully saturated rings. The molecule has 5 nitrogen and oxygen atoms in total. The van der Waals surface area contributed by atoms with Crippen molar-refractivity contribution < 1.29 is 9.53 Å². The molecule has 0 bridgehead atoms. The maximum Gasteiger partial charge on any atom is 0.234 e. The molecule has 0 aliphatic carbocycles. The van der Waals surface area contributed by atoms with Crippen LogP contribution >= 0.6 is 0 Å². The maximum absolute atomic E-state index is 11.3. The summed E-state index contributed by atoms with van der Waals surface area (Å²) in [4.78, 5) is 13.5. The summed E-state index contributed by atoms with van der Waals surface area (Å²) in [5.41, 5.74) is 10.9. The largest absolute Gasteiger partial charge is 0.383 e. The number of nitrogens with two attached hydrogens (primary N) is 2. The van der Waals surface area contributed by atoms with Crippen molar-refractivity contribution in [3.8, 4) is 0 Å². The number of methoxy groups -OCH3 is 1. The Balaban J connectivity index is 2.57. The maximum atomic E-state index is 11.3. The second kappa shape index (κ2) is 6.83. The Morgan fingerprint density at radius 2 is 2.38 bits per heavy atom. The molecular formula is C11H23N3O2. The minimum absolute atomic E-state index is 0.113. The van der Waals surface area contributed by atoms with Gasteiger partial charge in [-0.1, -0.05) is 0 Å². The number of nitrogens with zero attached hydrogens (tertiary/aromatic N) is 1. The highest BCUT2D eigenvalue weighted by atomic mass is 16.5. The van der Waals surface area contributed by atoms with E-state index in [4.69, 9.17) is 16.2 Å². The third-order valence-corrected chi connectivity index (χ3v) is 3.19. The molecule has 5 heteroatoms. The summed E-state index contributed by atoms with van der Waals surface area (Å²) in [6.07, 6.45) is 3.83. The number of hydrogen-bond acceptors (Lipinski definition) is 4. The van der Waals surface area contributed by atoms with Crippen LogP contribution in [0.4, 0.5) is 0 Å². The molecular weight excluding hydrogens is 206 g/mol. The van der Waals surface area contributed by atoms with Crippen LogP contribution in [0.15, 0.2) is 0 Å². The van der Waals surface area contributed by atoms with Crippen LogP contribution in [-0.2, 0) is 9.53 Å². The predicted molar refractivity (Wildman–Crippen MR) is 62.9 cm³/mol. The number of carbonyl (C=O) groups is 1. The van der Waals surface area contributed by atoms with Gasteiger partial charge in [0, 0.05) is 13.2 Å². The lowest BCUT2D eigenvalue weighted by Crippen LogP contribution is -2.47. The molecule has 0 saturated carbocycles. The van der Waals surface area contributed by atoms with E-state index in [9.17, 15) is 4.79 Å². The van der Waals surface area contributed by atoms with E-state index in [1.807, 2.05) is 0 Å². The number of carbonyl (C=O) groups excluding carboxylic acids is 1. The van der Waals surface area contributed by atoms with E-state index in [-0.39, 0.29) is 18.0 Å². The van der Waals surface area contributed by atoms with Crippen molar-refractivity contribution in [2.75, 3.05) is 26.8 Å². The van der Waals surface area contributed by atoms with Crippen molar-refractivity contribution in [3.63, 3.8) is 0 Å². The van der Waals surface area contributed by atoms with Crippen molar-refractivity contribution in [1.29, 1.82) is 0 Å². The van der Waals surface area contributed by atoms with Crippen LogP contribution in [-0.4, -0.2) is 49.7 Å². The van der Waals surface area contributed by atoms with Gasteiger partial charge in [0.15, 0.2) is 0 Å². The molecule has 1 aliphatic rings. The first kappa shape index (κ1) is 13.4. The van der Waals surface area contributed by atoms with Crippen LogP contribution in [0.3, 0.4) is 0 Å². The summed E-state index contributed by atoms with van der Waals surface area (Å²) >= 11 is 0. The molecule has 0 aromatic heterocycles. The van der Waals surface area contributed by atoms with E-state index in [1.165, 1.54) is 0 Å². The Morgan fingerprint density at radius 1 is 1.62 bits per heavy atom. The van der Waals surface area contributed by atoms with Gasteiger partial charge in [-0.05, 0) is 38.8 Å². The first-order chi connectivity index (χ1) is 7.70.